The maximum Gasteiger partial charge on any atom is 0.410 e. The summed E-state index contributed by atoms with van der Waals surface area (Å²) in [7, 11) is 0. The fourth-order valence-corrected chi connectivity index (χ4v) is 10.2. The van der Waals surface area contributed by atoms with Crippen LogP contribution in [0.5, 0.6) is 11.5 Å². The van der Waals surface area contributed by atoms with Gasteiger partial charge in [0.2, 0.25) is 13.6 Å². The highest BCUT2D eigenvalue weighted by Gasteiger charge is 2.46. The molecule has 26 nitrogen and oxygen atoms in total. The Kier molecular flexibility index (Phi) is 28.2. The van der Waals surface area contributed by atoms with E-state index in [1.54, 1.807) is 72.8 Å². The van der Waals surface area contributed by atoms with E-state index >= 15 is 0 Å². The average molecular weight is 1380 g/mol. The van der Waals surface area contributed by atoms with Crippen molar-refractivity contribution >= 4 is 60.2 Å². The van der Waals surface area contributed by atoms with Crippen LogP contribution in [-0.4, -0.2) is 127 Å². The van der Waals surface area contributed by atoms with Crippen molar-refractivity contribution < 1.29 is 105 Å². The van der Waals surface area contributed by atoms with E-state index in [-0.39, 0.29) is 26.2 Å². The van der Waals surface area contributed by atoms with Crippen LogP contribution in [0.25, 0.3) is 11.1 Å². The number of rotatable bonds is 38. The standard InChI is InChI=1S/C75H74N4O22/c1-7-63(80)90-41-73(42-91-64(81)8-2,43-92-65(82)9-3)47-96-69(86)76-37-51-19-17-21-53(35-51)39-78-71(88)100-49-98-57-31-27-55(28-32-57)75(61-25-15-13-23-59(61)60-24-14-16-26-62(60)75)56-29-33-58(34-30-56)99-50-101-72(89)79-40-54-22-18-20-52(36-54)38-77-70(87)97-48-74(44-93-66(83)10-4,45-94-67(84)11-5)46-95-68(85)12-6/h7-36H,1-6,37-50H2,(H,76,86)(H,77,87)(H,78,88)(H,79,89). The third-order valence-corrected chi connectivity index (χ3v) is 15.2. The highest BCUT2D eigenvalue weighted by molar-refractivity contribution is 5.87. The molecule has 0 radical (unpaired) electrons. The van der Waals surface area contributed by atoms with Gasteiger partial charge in [-0.05, 0) is 79.9 Å². The normalized spacial score (nSPS) is 11.4. The monoisotopic (exact) mass is 1380 g/mol. The van der Waals surface area contributed by atoms with Gasteiger partial charge in [-0.25, -0.2) is 47.9 Å². The Hall–Kier alpha value is -12.7. The molecule has 6 aromatic carbocycles. The minimum Gasteiger partial charge on any atom is -0.462 e. The molecule has 1 aliphatic rings. The number of alkyl carbamates (subject to hydrolysis) is 4. The predicted molar refractivity (Wildman–Crippen MR) is 362 cm³/mol. The van der Waals surface area contributed by atoms with Crippen LogP contribution < -0.4 is 30.7 Å². The molecule has 0 aliphatic heterocycles. The first-order chi connectivity index (χ1) is 48.8. The van der Waals surface area contributed by atoms with Crippen molar-refractivity contribution in [1.29, 1.82) is 0 Å². The van der Waals surface area contributed by atoms with Gasteiger partial charge in [0.15, 0.2) is 0 Å². The van der Waals surface area contributed by atoms with Gasteiger partial charge in [-0.2, -0.15) is 0 Å². The van der Waals surface area contributed by atoms with Crippen LogP contribution in [-0.2, 0) is 108 Å². The summed E-state index contributed by atoms with van der Waals surface area (Å²) in [5, 5.41) is 10.6. The van der Waals surface area contributed by atoms with Gasteiger partial charge < -0.3 is 78.1 Å². The van der Waals surface area contributed by atoms with Crippen LogP contribution in [0.4, 0.5) is 19.2 Å². The first kappa shape index (κ1) is 75.6. The molecule has 101 heavy (non-hydrogen) atoms. The number of benzene rings is 6. The lowest BCUT2D eigenvalue weighted by atomic mass is 9.68. The van der Waals surface area contributed by atoms with Gasteiger partial charge in [0.25, 0.3) is 0 Å². The fourth-order valence-electron chi connectivity index (χ4n) is 10.2. The van der Waals surface area contributed by atoms with Gasteiger partial charge in [-0.3, -0.25) is 0 Å². The highest BCUT2D eigenvalue weighted by Crippen LogP contribution is 2.56. The van der Waals surface area contributed by atoms with Crippen molar-refractivity contribution in [3.8, 4) is 22.6 Å². The number of esters is 6. The zero-order valence-electron chi connectivity index (χ0n) is 54.9. The van der Waals surface area contributed by atoms with Crippen LogP contribution in [0.2, 0.25) is 0 Å². The third kappa shape index (κ3) is 22.1. The number of fused-ring (bicyclic) bond motifs is 3. The number of carbonyl (C=O) groups is 10. The van der Waals surface area contributed by atoms with E-state index in [0.29, 0.717) is 33.8 Å². The van der Waals surface area contributed by atoms with Gasteiger partial charge in [0.05, 0.1) is 5.41 Å². The molecule has 0 spiro atoms. The summed E-state index contributed by atoms with van der Waals surface area (Å²) < 4.78 is 64.4. The Labute approximate surface area is 581 Å². The molecular formula is C75H74N4O22. The summed E-state index contributed by atoms with van der Waals surface area (Å²) in [6.07, 6.45) is 2.05. The molecule has 1 aliphatic carbocycles. The molecule has 4 amide bonds. The van der Waals surface area contributed by atoms with Crippen LogP contribution >= 0.6 is 0 Å². The minimum absolute atomic E-state index is 0.0194. The maximum absolute atomic E-state index is 12.9. The summed E-state index contributed by atoms with van der Waals surface area (Å²) >= 11 is 0. The van der Waals surface area contributed by atoms with E-state index in [0.717, 1.165) is 69.8 Å². The molecule has 0 heterocycles. The highest BCUT2D eigenvalue weighted by atomic mass is 16.7. The molecule has 4 N–H and O–H groups in total. The molecule has 0 saturated carbocycles. The quantitative estimate of drug-likeness (QED) is 0.0121. The topological polar surface area (TPSA) is 330 Å². The summed E-state index contributed by atoms with van der Waals surface area (Å²) in [4.78, 5) is 123. The Bertz CT molecular complexity index is 3640. The van der Waals surface area contributed by atoms with Gasteiger partial charge in [0, 0.05) is 62.6 Å². The molecule has 0 unspecified atom stereocenters. The first-order valence-electron chi connectivity index (χ1n) is 31.0. The van der Waals surface area contributed by atoms with Gasteiger partial charge in [0.1, 0.15) is 75.2 Å². The summed E-state index contributed by atoms with van der Waals surface area (Å²) in [6.45, 7) is 15.3. The molecular weight excluding hydrogens is 1310 g/mol. The second kappa shape index (κ2) is 37.7. The number of hydrogen-bond donors (Lipinski definition) is 4. The van der Waals surface area contributed by atoms with E-state index < -0.39 is 143 Å². The number of carbonyl (C=O) groups excluding carboxylic acids is 10. The van der Waals surface area contributed by atoms with Gasteiger partial charge in [-0.1, -0.05) is 161 Å². The third-order valence-electron chi connectivity index (χ3n) is 15.2. The number of ether oxygens (including phenoxy) is 12. The first-order valence-corrected chi connectivity index (χ1v) is 31.0. The van der Waals surface area contributed by atoms with E-state index in [9.17, 15) is 47.9 Å². The van der Waals surface area contributed by atoms with Gasteiger partial charge >= 0.3 is 60.2 Å². The Balaban J connectivity index is 0.895. The Morgan fingerprint density at radius 1 is 0.317 bits per heavy atom. The Morgan fingerprint density at radius 2 is 0.574 bits per heavy atom. The van der Waals surface area contributed by atoms with Crippen LogP contribution in [0, 0.1) is 10.8 Å². The summed E-state index contributed by atoms with van der Waals surface area (Å²) in [5.74, 6) is -4.15. The smallest absolute Gasteiger partial charge is 0.410 e. The van der Waals surface area contributed by atoms with Crippen molar-refractivity contribution in [3.63, 3.8) is 0 Å². The lowest BCUT2D eigenvalue weighted by Gasteiger charge is -2.34. The maximum atomic E-state index is 12.9. The van der Waals surface area contributed by atoms with Crippen LogP contribution in [0.3, 0.4) is 0 Å². The van der Waals surface area contributed by atoms with Crippen molar-refractivity contribution in [1.82, 2.24) is 21.3 Å². The predicted octanol–water partition coefficient (Wildman–Crippen LogP) is 9.38. The summed E-state index contributed by atoms with van der Waals surface area (Å²) in [6, 6.07) is 45.2. The molecule has 0 saturated heterocycles. The zero-order valence-corrected chi connectivity index (χ0v) is 54.9. The molecule has 26 heteroatoms. The molecule has 0 fully saturated rings. The SMILES string of the molecule is C=CC(=O)OCC(COC(=O)C=C)(COC(=O)C=C)COC(=O)NCc1cccc(CNC(=O)OCOc2ccc(C3(c4ccc(OCOC(=O)NCc5cccc(CNC(=O)OCC(COC(=O)C=C)(COC(=O)C=C)COC(=O)C=C)c5)cc4)c4ccccc4-c4ccccc43)cc2)c1. The molecule has 0 aromatic heterocycles. The molecule has 0 atom stereocenters. The zero-order chi connectivity index (χ0) is 72.6. The second-order valence-corrected chi connectivity index (χ2v) is 22.4. The molecule has 6 aromatic rings. The molecule has 0 bridgehead atoms. The van der Waals surface area contributed by atoms with Crippen molar-refractivity contribution in [3.05, 3.63) is 266 Å². The van der Waals surface area contributed by atoms with E-state index in [1.165, 1.54) is 0 Å². The number of hydrogen-bond acceptors (Lipinski definition) is 22. The van der Waals surface area contributed by atoms with Crippen molar-refractivity contribution in [2.75, 3.05) is 66.4 Å². The molecule has 7 rings (SSSR count). The average Bonchev–Trinajstić information content (AvgIpc) is 1.54. The van der Waals surface area contributed by atoms with Crippen LogP contribution in [0.1, 0.15) is 44.5 Å². The largest absolute Gasteiger partial charge is 0.462 e. The lowest BCUT2D eigenvalue weighted by Crippen LogP contribution is -2.44. The van der Waals surface area contributed by atoms with E-state index in [1.807, 2.05) is 48.5 Å². The minimum atomic E-state index is -1.53. The van der Waals surface area contributed by atoms with E-state index in [4.69, 9.17) is 56.8 Å². The number of nitrogens with one attached hydrogen (secondary N) is 4. The van der Waals surface area contributed by atoms with Crippen LogP contribution in [0.15, 0.2) is 222 Å². The Morgan fingerprint density at radius 3 is 0.851 bits per heavy atom. The second-order valence-electron chi connectivity index (χ2n) is 22.4. The summed E-state index contributed by atoms with van der Waals surface area (Å²) in [5.41, 5.74) is 4.70. The lowest BCUT2D eigenvalue weighted by molar-refractivity contribution is -0.161. The van der Waals surface area contributed by atoms with E-state index in [2.05, 4.69) is 85.0 Å². The van der Waals surface area contributed by atoms with Crippen molar-refractivity contribution in [2.24, 2.45) is 10.8 Å². The fraction of sp³-hybridized carbons (Fsp3) is 0.227. The molecule has 526 valence electrons. The number of amides is 4. The van der Waals surface area contributed by atoms with Gasteiger partial charge in [-0.15, -0.1) is 0 Å². The van der Waals surface area contributed by atoms with Crippen molar-refractivity contribution in [2.45, 2.75) is 31.6 Å².